The van der Waals surface area contributed by atoms with Crippen LogP contribution >= 0.6 is 51.3 Å². The van der Waals surface area contributed by atoms with Crippen molar-refractivity contribution in [2.45, 2.75) is 0 Å². The Bertz CT molecular complexity index is 838. The number of fused-ring (bicyclic) bond motifs is 1. The van der Waals surface area contributed by atoms with Gasteiger partial charge in [-0.05, 0) is 48.6 Å². The summed E-state index contributed by atoms with van der Waals surface area (Å²) in [5.41, 5.74) is 2.67. The lowest BCUT2D eigenvalue weighted by atomic mass is 10.3. The largest absolute Gasteiger partial charge is 0.330 e. The summed E-state index contributed by atoms with van der Waals surface area (Å²) in [5.74, 6) is 0. The van der Waals surface area contributed by atoms with Crippen molar-refractivity contribution in [3.63, 3.8) is 0 Å². The van der Waals surface area contributed by atoms with Gasteiger partial charge in [0.1, 0.15) is 0 Å². The van der Waals surface area contributed by atoms with Crippen molar-refractivity contribution in [3.05, 3.63) is 55.7 Å². The fraction of sp³-hybridized carbons (Fsp3) is 0. The van der Waals surface area contributed by atoms with Crippen LogP contribution in [-0.4, -0.2) is 9.55 Å². The van der Waals surface area contributed by atoms with Crippen molar-refractivity contribution < 1.29 is 0 Å². The van der Waals surface area contributed by atoms with Gasteiger partial charge in [0.25, 0.3) is 0 Å². The monoisotopic (exact) mass is 372 g/mol. The Morgan fingerprint density at radius 1 is 1.11 bits per heavy atom. The second kappa shape index (κ2) is 4.94. The number of halogens is 3. The molecule has 1 N–H and O–H groups in total. The van der Waals surface area contributed by atoms with E-state index < -0.39 is 0 Å². The van der Waals surface area contributed by atoms with Gasteiger partial charge in [0.05, 0.1) is 21.7 Å². The van der Waals surface area contributed by atoms with Gasteiger partial charge in [-0.2, -0.15) is 0 Å². The van der Waals surface area contributed by atoms with Crippen LogP contribution in [0.25, 0.3) is 16.7 Å². The number of benzene rings is 2. The average Bonchev–Trinajstić information content (AvgIpc) is 2.65. The summed E-state index contributed by atoms with van der Waals surface area (Å²) < 4.78 is 3.41. The number of aromatic amines is 1. The summed E-state index contributed by atoms with van der Waals surface area (Å²) in [4.78, 5) is 3.13. The standard InChI is InChI=1S/C13H7BrCl2N2S/c14-7-1-3-11(9(16)5-7)18-12-4-2-8(15)6-10(12)17-13(18)19/h1-6H,(H,17,19). The van der Waals surface area contributed by atoms with Crippen molar-refractivity contribution in [2.24, 2.45) is 0 Å². The second-order valence-electron chi connectivity index (χ2n) is 4.02. The fourth-order valence-electron chi connectivity index (χ4n) is 1.99. The molecule has 0 radical (unpaired) electrons. The van der Waals surface area contributed by atoms with E-state index in [2.05, 4.69) is 20.9 Å². The number of aromatic nitrogens is 2. The second-order valence-corrected chi connectivity index (χ2v) is 6.17. The van der Waals surface area contributed by atoms with E-state index in [-0.39, 0.29) is 0 Å². The minimum Gasteiger partial charge on any atom is -0.330 e. The number of nitrogens with zero attached hydrogens (tertiary/aromatic N) is 1. The first-order valence-electron chi connectivity index (χ1n) is 5.42. The molecule has 6 heteroatoms. The van der Waals surface area contributed by atoms with Crippen molar-refractivity contribution in [1.29, 1.82) is 0 Å². The molecule has 0 aliphatic heterocycles. The maximum absolute atomic E-state index is 6.29. The highest BCUT2D eigenvalue weighted by molar-refractivity contribution is 9.10. The Morgan fingerprint density at radius 3 is 2.63 bits per heavy atom. The summed E-state index contributed by atoms with van der Waals surface area (Å²) in [6.45, 7) is 0. The molecule has 96 valence electrons. The van der Waals surface area contributed by atoms with Crippen LogP contribution in [0.2, 0.25) is 10.0 Å². The van der Waals surface area contributed by atoms with E-state index in [0.717, 1.165) is 21.2 Å². The van der Waals surface area contributed by atoms with Gasteiger partial charge in [-0.25, -0.2) is 0 Å². The van der Waals surface area contributed by atoms with Gasteiger partial charge >= 0.3 is 0 Å². The molecule has 2 aromatic carbocycles. The molecule has 3 rings (SSSR count). The van der Waals surface area contributed by atoms with E-state index in [1.54, 1.807) is 0 Å². The van der Waals surface area contributed by atoms with E-state index in [1.165, 1.54) is 0 Å². The van der Waals surface area contributed by atoms with Gasteiger partial charge in [-0.1, -0.05) is 39.1 Å². The molecule has 2 nitrogen and oxygen atoms in total. The molecule has 0 saturated carbocycles. The molecule has 1 aromatic heterocycles. The SMILES string of the molecule is S=c1[nH]c2cc(Cl)ccc2n1-c1ccc(Br)cc1Cl. The molecule has 1 heterocycles. The molecule has 3 aromatic rings. The zero-order valence-corrected chi connectivity index (χ0v) is 13.4. The van der Waals surface area contributed by atoms with Crippen LogP contribution in [-0.2, 0) is 0 Å². The Kier molecular flexibility index (Phi) is 3.43. The van der Waals surface area contributed by atoms with Gasteiger partial charge in [-0.3, -0.25) is 4.57 Å². The molecular weight excluding hydrogens is 367 g/mol. The third-order valence-corrected chi connectivity index (χ3v) is 4.11. The first kappa shape index (κ1) is 13.2. The molecule has 0 aliphatic rings. The number of rotatable bonds is 1. The highest BCUT2D eigenvalue weighted by Gasteiger charge is 2.10. The lowest BCUT2D eigenvalue weighted by molar-refractivity contribution is 1.06. The molecular formula is C13H7BrCl2N2S. The maximum Gasteiger partial charge on any atom is 0.182 e. The van der Waals surface area contributed by atoms with E-state index in [4.69, 9.17) is 35.4 Å². The van der Waals surface area contributed by atoms with Crippen molar-refractivity contribution in [3.8, 4) is 5.69 Å². The molecule has 0 bridgehead atoms. The summed E-state index contributed by atoms with van der Waals surface area (Å²) in [7, 11) is 0. The topological polar surface area (TPSA) is 20.7 Å². The van der Waals surface area contributed by atoms with Crippen LogP contribution < -0.4 is 0 Å². The summed E-state index contributed by atoms with van der Waals surface area (Å²) >= 11 is 21.0. The van der Waals surface area contributed by atoms with Crippen LogP contribution in [0.5, 0.6) is 0 Å². The molecule has 0 spiro atoms. The first-order chi connectivity index (χ1) is 9.06. The third kappa shape index (κ3) is 2.34. The van der Waals surface area contributed by atoms with Crippen LogP contribution in [0.1, 0.15) is 0 Å². The van der Waals surface area contributed by atoms with Gasteiger partial charge in [-0.15, -0.1) is 0 Å². The summed E-state index contributed by atoms with van der Waals surface area (Å²) in [6.07, 6.45) is 0. The van der Waals surface area contributed by atoms with Crippen molar-refractivity contribution in [1.82, 2.24) is 9.55 Å². The first-order valence-corrected chi connectivity index (χ1v) is 7.38. The number of hydrogen-bond acceptors (Lipinski definition) is 1. The Hall–Kier alpha value is -0.810. The van der Waals surface area contributed by atoms with Gasteiger partial charge in [0.15, 0.2) is 4.77 Å². The van der Waals surface area contributed by atoms with E-state index in [1.807, 2.05) is 41.0 Å². The van der Waals surface area contributed by atoms with E-state index >= 15 is 0 Å². The Morgan fingerprint density at radius 2 is 1.89 bits per heavy atom. The van der Waals surface area contributed by atoms with E-state index in [0.29, 0.717) is 14.8 Å². The average molecular weight is 374 g/mol. The smallest absolute Gasteiger partial charge is 0.182 e. The predicted molar refractivity (Wildman–Crippen MR) is 86.2 cm³/mol. The molecule has 19 heavy (non-hydrogen) atoms. The number of nitrogens with one attached hydrogen (secondary N) is 1. The minimum absolute atomic E-state index is 0.585. The van der Waals surface area contributed by atoms with E-state index in [9.17, 15) is 0 Å². The van der Waals surface area contributed by atoms with Crippen LogP contribution in [0.4, 0.5) is 0 Å². The third-order valence-electron chi connectivity index (χ3n) is 2.79. The highest BCUT2D eigenvalue weighted by atomic mass is 79.9. The number of imidazole rings is 1. The number of hydrogen-bond donors (Lipinski definition) is 1. The van der Waals surface area contributed by atoms with Gasteiger partial charge in [0.2, 0.25) is 0 Å². The van der Waals surface area contributed by atoms with Crippen molar-refractivity contribution in [2.75, 3.05) is 0 Å². The van der Waals surface area contributed by atoms with Crippen LogP contribution in [0.3, 0.4) is 0 Å². The highest BCUT2D eigenvalue weighted by Crippen LogP contribution is 2.29. The molecule has 0 saturated heterocycles. The lowest BCUT2D eigenvalue weighted by Gasteiger charge is -2.07. The van der Waals surface area contributed by atoms with Gasteiger partial charge < -0.3 is 4.98 Å². The van der Waals surface area contributed by atoms with Crippen LogP contribution in [0, 0.1) is 4.77 Å². The maximum atomic E-state index is 6.29. The molecule has 0 unspecified atom stereocenters. The Labute approximate surface area is 133 Å². The quantitative estimate of drug-likeness (QED) is 0.538. The van der Waals surface area contributed by atoms with Gasteiger partial charge in [0, 0.05) is 9.50 Å². The van der Waals surface area contributed by atoms with Crippen LogP contribution in [0.15, 0.2) is 40.9 Å². The normalized spacial score (nSPS) is 11.1. The summed E-state index contributed by atoms with van der Waals surface area (Å²) in [6, 6.07) is 11.3. The van der Waals surface area contributed by atoms with Crippen molar-refractivity contribution >= 4 is 62.4 Å². The zero-order chi connectivity index (χ0) is 13.6. The molecule has 0 amide bonds. The fourth-order valence-corrected chi connectivity index (χ4v) is 3.22. The molecule has 0 aliphatic carbocycles. The predicted octanol–water partition coefficient (Wildman–Crippen LogP) is 5.76. The molecule has 0 atom stereocenters. The summed E-state index contributed by atoms with van der Waals surface area (Å²) in [5, 5.41) is 1.29. The zero-order valence-electron chi connectivity index (χ0n) is 9.45. The molecule has 0 fully saturated rings. The minimum atomic E-state index is 0.585. The number of H-pyrrole nitrogens is 1. The lowest BCUT2D eigenvalue weighted by Crippen LogP contribution is -1.94. The Balaban J connectivity index is 2.36.